The van der Waals surface area contributed by atoms with Crippen LogP contribution in [0.2, 0.25) is 0 Å². The van der Waals surface area contributed by atoms with Crippen LogP contribution in [0.1, 0.15) is 5.56 Å². The van der Waals surface area contributed by atoms with Gasteiger partial charge in [-0.15, -0.1) is 5.10 Å². The molecule has 23 heavy (non-hydrogen) atoms. The van der Waals surface area contributed by atoms with Crippen molar-refractivity contribution in [3.8, 4) is 11.3 Å². The van der Waals surface area contributed by atoms with Crippen LogP contribution in [-0.2, 0) is 6.54 Å². The van der Waals surface area contributed by atoms with E-state index in [1.807, 2.05) is 18.2 Å². The van der Waals surface area contributed by atoms with Crippen molar-refractivity contribution >= 4 is 21.4 Å². The number of benzene rings is 1. The van der Waals surface area contributed by atoms with Crippen LogP contribution in [0, 0.1) is 5.82 Å². The van der Waals surface area contributed by atoms with Crippen molar-refractivity contribution < 1.29 is 4.39 Å². The summed E-state index contributed by atoms with van der Waals surface area (Å²) in [4.78, 5) is 9.11. The van der Waals surface area contributed by atoms with Gasteiger partial charge in [-0.3, -0.25) is 4.98 Å². The summed E-state index contributed by atoms with van der Waals surface area (Å²) in [6.07, 6.45) is 5.22. The third kappa shape index (κ3) is 2.78. The van der Waals surface area contributed by atoms with Crippen LogP contribution >= 0.6 is 11.3 Å². The number of fused-ring (bicyclic) bond motifs is 1. The van der Waals surface area contributed by atoms with E-state index >= 15 is 0 Å². The molecule has 114 valence electrons. The summed E-state index contributed by atoms with van der Waals surface area (Å²) in [5, 5.41) is 8.55. The van der Waals surface area contributed by atoms with Gasteiger partial charge >= 0.3 is 0 Å². The summed E-state index contributed by atoms with van der Waals surface area (Å²) < 4.78 is 15.1. The Balaban J connectivity index is 1.62. The Labute approximate surface area is 135 Å². The van der Waals surface area contributed by atoms with Gasteiger partial charge in [-0.1, -0.05) is 23.5 Å². The lowest BCUT2D eigenvalue weighted by atomic mass is 10.2. The second kappa shape index (κ2) is 5.77. The molecule has 0 amide bonds. The average molecular weight is 325 g/mol. The van der Waals surface area contributed by atoms with E-state index in [0.29, 0.717) is 6.54 Å². The molecule has 3 heterocycles. The maximum absolute atomic E-state index is 13.4. The lowest BCUT2D eigenvalue weighted by molar-refractivity contribution is 0.628. The zero-order chi connectivity index (χ0) is 15.6. The van der Waals surface area contributed by atoms with E-state index in [4.69, 9.17) is 0 Å². The van der Waals surface area contributed by atoms with Crippen LogP contribution in [0.4, 0.5) is 9.52 Å². The van der Waals surface area contributed by atoms with Crippen LogP contribution in [-0.4, -0.2) is 19.6 Å². The molecule has 0 aliphatic carbocycles. The summed E-state index contributed by atoms with van der Waals surface area (Å²) in [5.41, 5.74) is 2.65. The number of rotatable bonds is 4. The van der Waals surface area contributed by atoms with Gasteiger partial charge in [0.15, 0.2) is 0 Å². The molecule has 0 atom stereocenters. The van der Waals surface area contributed by atoms with Crippen molar-refractivity contribution in [2.24, 2.45) is 0 Å². The van der Waals surface area contributed by atoms with E-state index in [0.717, 1.165) is 26.9 Å². The number of nitrogens with one attached hydrogen (secondary N) is 1. The molecule has 4 aromatic rings. The normalized spacial score (nSPS) is 11.0. The quantitative estimate of drug-likeness (QED) is 0.623. The Bertz CT molecular complexity index is 947. The Morgan fingerprint density at radius 1 is 1.17 bits per heavy atom. The van der Waals surface area contributed by atoms with E-state index in [2.05, 4.69) is 20.4 Å². The highest BCUT2D eigenvalue weighted by Crippen LogP contribution is 2.26. The Kier molecular flexibility index (Phi) is 3.47. The second-order valence-electron chi connectivity index (χ2n) is 4.96. The molecular weight excluding hydrogens is 313 g/mol. The number of imidazole rings is 1. The van der Waals surface area contributed by atoms with Gasteiger partial charge in [-0.05, 0) is 29.8 Å². The molecular formula is C16H12FN5S. The van der Waals surface area contributed by atoms with Gasteiger partial charge in [0, 0.05) is 24.5 Å². The van der Waals surface area contributed by atoms with Crippen molar-refractivity contribution in [3.05, 3.63) is 66.4 Å². The number of aromatic nitrogens is 4. The maximum Gasteiger partial charge on any atom is 0.214 e. The minimum atomic E-state index is -0.274. The van der Waals surface area contributed by atoms with Gasteiger partial charge in [0.2, 0.25) is 10.1 Å². The van der Waals surface area contributed by atoms with Crippen LogP contribution in [0.15, 0.2) is 55.0 Å². The first-order valence-corrected chi connectivity index (χ1v) is 7.84. The van der Waals surface area contributed by atoms with E-state index < -0.39 is 0 Å². The molecule has 0 radical (unpaired) electrons. The van der Waals surface area contributed by atoms with Crippen LogP contribution in [0.5, 0.6) is 0 Å². The minimum Gasteiger partial charge on any atom is -0.356 e. The molecule has 7 heteroatoms. The molecule has 5 nitrogen and oxygen atoms in total. The average Bonchev–Trinajstić information content (AvgIpc) is 3.14. The molecule has 4 rings (SSSR count). The highest BCUT2D eigenvalue weighted by Gasteiger charge is 2.11. The largest absolute Gasteiger partial charge is 0.356 e. The summed E-state index contributed by atoms with van der Waals surface area (Å²) in [6.45, 7) is 0.661. The van der Waals surface area contributed by atoms with Crippen molar-refractivity contribution in [1.82, 2.24) is 19.6 Å². The van der Waals surface area contributed by atoms with Gasteiger partial charge < -0.3 is 5.32 Å². The topological polar surface area (TPSA) is 55.1 Å². The number of pyridine rings is 1. The smallest absolute Gasteiger partial charge is 0.214 e. The SMILES string of the molecule is Fc1cccc(-c2cnc3sc(NCc4ccncc4)nn23)c1. The first-order valence-electron chi connectivity index (χ1n) is 7.03. The standard InChI is InChI=1S/C16H12FN5S/c17-13-3-1-2-12(8-13)14-10-20-16-22(14)21-15(23-16)19-9-11-4-6-18-7-5-11/h1-8,10H,9H2,(H,19,21). The Morgan fingerprint density at radius 2 is 2.04 bits per heavy atom. The zero-order valence-electron chi connectivity index (χ0n) is 12.0. The lowest BCUT2D eigenvalue weighted by Crippen LogP contribution is -2.00. The van der Waals surface area contributed by atoms with Crippen molar-refractivity contribution in [2.45, 2.75) is 6.54 Å². The number of nitrogens with zero attached hydrogens (tertiary/aromatic N) is 4. The van der Waals surface area contributed by atoms with E-state index in [1.54, 1.807) is 29.2 Å². The second-order valence-corrected chi connectivity index (χ2v) is 5.92. The predicted molar refractivity (Wildman–Crippen MR) is 87.8 cm³/mol. The van der Waals surface area contributed by atoms with Crippen molar-refractivity contribution in [2.75, 3.05) is 5.32 Å². The molecule has 3 aromatic heterocycles. The molecule has 0 aliphatic heterocycles. The number of hydrogen-bond acceptors (Lipinski definition) is 5. The van der Waals surface area contributed by atoms with Gasteiger partial charge in [0.05, 0.1) is 11.9 Å². The van der Waals surface area contributed by atoms with Crippen molar-refractivity contribution in [3.63, 3.8) is 0 Å². The summed E-state index contributed by atoms with van der Waals surface area (Å²) in [7, 11) is 0. The third-order valence-electron chi connectivity index (χ3n) is 3.40. The van der Waals surface area contributed by atoms with Gasteiger partial charge in [0.1, 0.15) is 5.82 Å². The summed E-state index contributed by atoms with van der Waals surface area (Å²) in [5.74, 6) is -0.274. The summed E-state index contributed by atoms with van der Waals surface area (Å²) >= 11 is 1.46. The highest BCUT2D eigenvalue weighted by atomic mass is 32.1. The van der Waals surface area contributed by atoms with Crippen molar-refractivity contribution in [1.29, 1.82) is 0 Å². The molecule has 0 aliphatic rings. The predicted octanol–water partition coefficient (Wildman–Crippen LogP) is 3.60. The maximum atomic E-state index is 13.4. The molecule has 0 bridgehead atoms. The first kappa shape index (κ1) is 13.8. The van der Waals surface area contributed by atoms with Gasteiger partial charge in [0.25, 0.3) is 0 Å². The van der Waals surface area contributed by atoms with Gasteiger partial charge in [-0.2, -0.15) is 0 Å². The third-order valence-corrected chi connectivity index (χ3v) is 4.28. The number of hydrogen-bond donors (Lipinski definition) is 1. The minimum absolute atomic E-state index is 0.274. The molecule has 0 unspecified atom stereocenters. The fraction of sp³-hybridized carbons (Fsp3) is 0.0625. The first-order chi connectivity index (χ1) is 11.3. The number of halogens is 1. The number of anilines is 1. The van der Waals surface area contributed by atoms with E-state index in [9.17, 15) is 4.39 Å². The Morgan fingerprint density at radius 3 is 2.87 bits per heavy atom. The van der Waals surface area contributed by atoms with E-state index in [1.165, 1.54) is 23.5 Å². The molecule has 0 spiro atoms. The Hall–Kier alpha value is -2.80. The zero-order valence-corrected chi connectivity index (χ0v) is 12.8. The summed E-state index contributed by atoms with van der Waals surface area (Å²) in [6, 6.07) is 10.3. The lowest BCUT2D eigenvalue weighted by Gasteiger charge is -2.01. The van der Waals surface area contributed by atoms with Crippen LogP contribution in [0.25, 0.3) is 16.2 Å². The van der Waals surface area contributed by atoms with Crippen LogP contribution in [0.3, 0.4) is 0 Å². The molecule has 0 saturated carbocycles. The molecule has 1 N–H and O–H groups in total. The monoisotopic (exact) mass is 325 g/mol. The molecule has 1 aromatic carbocycles. The molecule has 0 saturated heterocycles. The van der Waals surface area contributed by atoms with Crippen LogP contribution < -0.4 is 5.32 Å². The van der Waals surface area contributed by atoms with Gasteiger partial charge in [-0.25, -0.2) is 13.9 Å². The van der Waals surface area contributed by atoms with E-state index in [-0.39, 0.29) is 5.82 Å². The fourth-order valence-corrected chi connectivity index (χ4v) is 3.06. The highest BCUT2D eigenvalue weighted by molar-refractivity contribution is 7.20. The fourth-order valence-electron chi connectivity index (χ4n) is 2.29. The molecule has 0 fully saturated rings.